The molecule has 6 nitrogen and oxygen atoms in total. The van der Waals surface area contributed by atoms with Crippen LogP contribution in [0, 0.1) is 11.8 Å². The summed E-state index contributed by atoms with van der Waals surface area (Å²) in [7, 11) is 0. The number of morpholine rings is 1. The lowest BCUT2D eigenvalue weighted by Gasteiger charge is -2.34. The molecule has 1 N–H and O–H groups in total. The number of carbonyl (C=O) groups is 2. The molecule has 0 radical (unpaired) electrons. The van der Waals surface area contributed by atoms with Crippen LogP contribution in [0.5, 0.6) is 0 Å². The van der Waals surface area contributed by atoms with E-state index in [0.717, 1.165) is 12.8 Å². The number of carboxylic acids is 1. The summed E-state index contributed by atoms with van der Waals surface area (Å²) in [5, 5.41) is 12.8. The van der Waals surface area contributed by atoms with Crippen LogP contribution in [-0.2, 0) is 14.3 Å². The molecule has 0 bridgehead atoms. The zero-order chi connectivity index (χ0) is 13.0. The quantitative estimate of drug-likeness (QED) is 0.692. The molecule has 1 amide bonds. The van der Waals surface area contributed by atoms with Crippen molar-refractivity contribution in [3.8, 4) is 0 Å². The molecule has 0 aromatic rings. The Balaban J connectivity index is 1.91. The van der Waals surface area contributed by atoms with Gasteiger partial charge < -0.3 is 14.6 Å². The highest BCUT2D eigenvalue weighted by Gasteiger charge is 2.32. The van der Waals surface area contributed by atoms with Gasteiger partial charge in [0.25, 0.3) is 0 Å². The number of rotatable bonds is 3. The van der Waals surface area contributed by atoms with Crippen molar-refractivity contribution in [2.45, 2.75) is 25.7 Å². The standard InChI is InChI=1S/C12H20N2O4/c15-11(13-14-5-7-18-8-6-14)9-3-1-2-4-10(9)12(16)17/h9-10H,1-8H2,(H,13,15)(H,16,17)/p-1/t9-,10+/m1/s1. The third-order valence-corrected chi connectivity index (χ3v) is 3.68. The summed E-state index contributed by atoms with van der Waals surface area (Å²) in [5.41, 5.74) is 2.80. The van der Waals surface area contributed by atoms with Crippen LogP contribution in [0.3, 0.4) is 0 Å². The van der Waals surface area contributed by atoms with Crippen molar-refractivity contribution in [1.82, 2.24) is 10.4 Å². The average Bonchev–Trinajstić information content (AvgIpc) is 2.40. The second kappa shape index (κ2) is 6.15. The lowest BCUT2D eigenvalue weighted by atomic mass is 9.79. The first-order valence-corrected chi connectivity index (χ1v) is 6.52. The third kappa shape index (κ3) is 3.20. The van der Waals surface area contributed by atoms with E-state index < -0.39 is 17.8 Å². The molecule has 6 heteroatoms. The molecule has 2 atom stereocenters. The van der Waals surface area contributed by atoms with Crippen LogP contribution in [0.4, 0.5) is 0 Å². The minimum absolute atomic E-state index is 0.189. The van der Waals surface area contributed by atoms with Crippen molar-refractivity contribution in [1.29, 1.82) is 0 Å². The first kappa shape index (κ1) is 13.3. The van der Waals surface area contributed by atoms with E-state index in [4.69, 9.17) is 4.74 Å². The third-order valence-electron chi connectivity index (χ3n) is 3.68. The molecule has 2 fully saturated rings. The number of hydrogen-bond acceptors (Lipinski definition) is 5. The molecule has 0 unspecified atom stereocenters. The highest BCUT2D eigenvalue weighted by Crippen LogP contribution is 2.29. The SMILES string of the molecule is O=C([O-])[C@H]1CCCC[C@H]1C(=O)NN1CCOCC1. The van der Waals surface area contributed by atoms with Gasteiger partial charge in [0.05, 0.1) is 13.2 Å². The number of amides is 1. The Morgan fingerprint density at radius 3 is 2.33 bits per heavy atom. The fraction of sp³-hybridized carbons (Fsp3) is 0.833. The molecule has 1 saturated carbocycles. The molecule has 0 aromatic carbocycles. The highest BCUT2D eigenvalue weighted by molar-refractivity contribution is 5.83. The Bertz CT molecular complexity index is 315. The molecular formula is C12H19N2O4-. The van der Waals surface area contributed by atoms with Gasteiger partial charge in [0.15, 0.2) is 0 Å². The monoisotopic (exact) mass is 255 g/mol. The maximum Gasteiger partial charge on any atom is 0.238 e. The molecule has 0 spiro atoms. The predicted molar refractivity (Wildman–Crippen MR) is 61.0 cm³/mol. The van der Waals surface area contributed by atoms with Crippen LogP contribution in [0.2, 0.25) is 0 Å². The number of carboxylic acid groups (broad SMARTS) is 1. The summed E-state index contributed by atoms with van der Waals surface area (Å²) in [4.78, 5) is 23.1. The van der Waals surface area contributed by atoms with Gasteiger partial charge in [0, 0.05) is 30.9 Å². The zero-order valence-corrected chi connectivity index (χ0v) is 10.4. The Morgan fingerprint density at radius 2 is 1.72 bits per heavy atom. The van der Waals surface area contributed by atoms with Gasteiger partial charge in [-0.2, -0.15) is 0 Å². The summed E-state index contributed by atoms with van der Waals surface area (Å²) >= 11 is 0. The Kier molecular flexibility index (Phi) is 4.54. The van der Waals surface area contributed by atoms with Crippen molar-refractivity contribution in [3.05, 3.63) is 0 Å². The van der Waals surface area contributed by atoms with E-state index in [9.17, 15) is 14.7 Å². The number of nitrogens with zero attached hydrogens (tertiary/aromatic N) is 1. The summed E-state index contributed by atoms with van der Waals surface area (Å²) in [6.45, 7) is 2.48. The van der Waals surface area contributed by atoms with Crippen molar-refractivity contribution in [2.24, 2.45) is 11.8 Å². The van der Waals surface area contributed by atoms with Crippen molar-refractivity contribution >= 4 is 11.9 Å². The molecule has 1 aliphatic heterocycles. The van der Waals surface area contributed by atoms with E-state index in [2.05, 4.69) is 5.43 Å². The number of aliphatic carboxylic acids is 1. The molecule has 1 heterocycles. The minimum atomic E-state index is -1.10. The predicted octanol–water partition coefficient (Wildman–Crippen LogP) is -1.09. The van der Waals surface area contributed by atoms with Gasteiger partial charge in [-0.15, -0.1) is 0 Å². The van der Waals surface area contributed by atoms with Crippen LogP contribution in [0.1, 0.15) is 25.7 Å². The normalized spacial score (nSPS) is 29.8. The first-order chi connectivity index (χ1) is 8.68. The van der Waals surface area contributed by atoms with Crippen molar-refractivity contribution < 1.29 is 19.4 Å². The van der Waals surface area contributed by atoms with E-state index in [1.807, 2.05) is 0 Å². The van der Waals surface area contributed by atoms with E-state index in [1.165, 1.54) is 0 Å². The Labute approximate surface area is 106 Å². The Hall–Kier alpha value is -1.14. The van der Waals surface area contributed by atoms with E-state index in [-0.39, 0.29) is 5.91 Å². The van der Waals surface area contributed by atoms with Gasteiger partial charge in [-0.25, -0.2) is 5.01 Å². The number of carbonyl (C=O) groups excluding carboxylic acids is 2. The van der Waals surface area contributed by atoms with Crippen LogP contribution < -0.4 is 10.5 Å². The molecular weight excluding hydrogens is 236 g/mol. The van der Waals surface area contributed by atoms with Crippen molar-refractivity contribution in [2.75, 3.05) is 26.3 Å². The zero-order valence-electron chi connectivity index (χ0n) is 10.4. The Morgan fingerprint density at radius 1 is 1.11 bits per heavy atom. The summed E-state index contributed by atoms with van der Waals surface area (Å²) in [6.07, 6.45) is 2.95. The number of nitrogens with one attached hydrogen (secondary N) is 1. The van der Waals surface area contributed by atoms with E-state index in [0.29, 0.717) is 39.1 Å². The summed E-state index contributed by atoms with van der Waals surface area (Å²) in [6, 6.07) is 0. The maximum absolute atomic E-state index is 12.1. The summed E-state index contributed by atoms with van der Waals surface area (Å²) < 4.78 is 5.19. The molecule has 102 valence electrons. The molecule has 1 saturated heterocycles. The lowest BCUT2D eigenvalue weighted by molar-refractivity contribution is -0.314. The smallest absolute Gasteiger partial charge is 0.238 e. The molecule has 0 aromatic heterocycles. The van der Waals surface area contributed by atoms with E-state index in [1.54, 1.807) is 5.01 Å². The van der Waals surface area contributed by atoms with Gasteiger partial charge in [-0.3, -0.25) is 10.2 Å². The lowest BCUT2D eigenvalue weighted by Crippen LogP contribution is -2.53. The second-order valence-corrected chi connectivity index (χ2v) is 4.89. The first-order valence-electron chi connectivity index (χ1n) is 6.52. The second-order valence-electron chi connectivity index (χ2n) is 4.89. The number of ether oxygens (including phenoxy) is 1. The molecule has 18 heavy (non-hydrogen) atoms. The molecule has 2 aliphatic rings. The van der Waals surface area contributed by atoms with Gasteiger partial charge in [0.2, 0.25) is 5.91 Å². The highest BCUT2D eigenvalue weighted by atomic mass is 16.5. The van der Waals surface area contributed by atoms with Crippen molar-refractivity contribution in [3.63, 3.8) is 0 Å². The fourth-order valence-electron chi connectivity index (χ4n) is 2.64. The van der Waals surface area contributed by atoms with Gasteiger partial charge >= 0.3 is 0 Å². The van der Waals surface area contributed by atoms with Crippen LogP contribution in [0.25, 0.3) is 0 Å². The van der Waals surface area contributed by atoms with Gasteiger partial charge in [-0.1, -0.05) is 12.8 Å². The van der Waals surface area contributed by atoms with E-state index >= 15 is 0 Å². The minimum Gasteiger partial charge on any atom is -0.550 e. The van der Waals surface area contributed by atoms with Crippen LogP contribution in [-0.4, -0.2) is 43.2 Å². The molecule has 2 rings (SSSR count). The average molecular weight is 255 g/mol. The maximum atomic E-state index is 12.1. The summed E-state index contributed by atoms with van der Waals surface area (Å²) in [5.74, 6) is -2.38. The number of hydrogen-bond donors (Lipinski definition) is 1. The van der Waals surface area contributed by atoms with Gasteiger partial charge in [0.1, 0.15) is 0 Å². The molecule has 1 aliphatic carbocycles. The largest absolute Gasteiger partial charge is 0.550 e. The fourth-order valence-corrected chi connectivity index (χ4v) is 2.64. The van der Waals surface area contributed by atoms with Crippen LogP contribution in [0.15, 0.2) is 0 Å². The number of hydrazine groups is 1. The topological polar surface area (TPSA) is 81.7 Å². The van der Waals surface area contributed by atoms with Gasteiger partial charge in [-0.05, 0) is 12.8 Å². The van der Waals surface area contributed by atoms with Crippen LogP contribution >= 0.6 is 0 Å².